The molecule has 0 spiro atoms. The molecule has 10 heteroatoms. The fourth-order valence-corrected chi connectivity index (χ4v) is 5.92. The van der Waals surface area contributed by atoms with Gasteiger partial charge in [-0.15, -0.1) is 0 Å². The summed E-state index contributed by atoms with van der Waals surface area (Å²) < 4.78 is 66.3. The number of aryl methyl sites for hydroxylation is 1. The molecule has 2 heterocycles. The second kappa shape index (κ2) is 9.81. The van der Waals surface area contributed by atoms with Crippen LogP contribution in [0.25, 0.3) is 0 Å². The average molecular weight is 497 g/mol. The smallest absolute Gasteiger partial charge is 0.354 e. The molecule has 1 saturated heterocycles. The number of piperazine rings is 1. The fourth-order valence-electron chi connectivity index (χ4n) is 4.42. The fraction of sp³-hybridized carbons (Fsp3) is 0.583. The minimum absolute atomic E-state index is 0.132. The number of nitrogens with zero attached hydrogens (tertiary/aromatic N) is 4. The predicted octanol–water partition coefficient (Wildman–Crippen LogP) is 4.39. The summed E-state index contributed by atoms with van der Waals surface area (Å²) in [7, 11) is -3.27. The average Bonchev–Trinajstić information content (AvgIpc) is 3.64. The summed E-state index contributed by atoms with van der Waals surface area (Å²) in [4.78, 5) is 11.7. The third kappa shape index (κ3) is 5.54. The predicted molar refractivity (Wildman–Crippen MR) is 125 cm³/mol. The first-order valence-electron chi connectivity index (χ1n) is 11.9. The van der Waals surface area contributed by atoms with Crippen LogP contribution in [0.5, 0.6) is 0 Å². The topological polar surface area (TPSA) is 66.4 Å². The van der Waals surface area contributed by atoms with E-state index in [1.807, 2.05) is 13.8 Å². The number of hydrogen-bond acceptors (Lipinski definition) is 5. The zero-order chi connectivity index (χ0) is 24.5. The Labute approximate surface area is 199 Å². The molecule has 1 aromatic carbocycles. The molecule has 1 saturated carbocycles. The molecule has 2 aliphatic rings. The van der Waals surface area contributed by atoms with Gasteiger partial charge in [-0.1, -0.05) is 32.0 Å². The van der Waals surface area contributed by atoms with Crippen molar-refractivity contribution in [1.82, 2.24) is 14.3 Å². The van der Waals surface area contributed by atoms with Crippen molar-refractivity contribution in [3.8, 4) is 0 Å². The molecule has 0 N–H and O–H groups in total. The Bertz CT molecular complexity index is 1130. The van der Waals surface area contributed by atoms with Crippen molar-refractivity contribution in [2.24, 2.45) is 0 Å². The van der Waals surface area contributed by atoms with Gasteiger partial charge in [-0.3, -0.25) is 0 Å². The first kappa shape index (κ1) is 24.9. The Kier molecular flexibility index (Phi) is 7.19. The van der Waals surface area contributed by atoms with Crippen LogP contribution in [-0.4, -0.2) is 54.6 Å². The molecule has 0 bridgehead atoms. The van der Waals surface area contributed by atoms with E-state index in [9.17, 15) is 21.6 Å². The monoisotopic (exact) mass is 496 g/mol. The van der Waals surface area contributed by atoms with Crippen LogP contribution >= 0.6 is 0 Å². The van der Waals surface area contributed by atoms with E-state index in [1.165, 1.54) is 16.4 Å². The van der Waals surface area contributed by atoms with Gasteiger partial charge in [-0.25, -0.2) is 18.4 Å². The van der Waals surface area contributed by atoms with E-state index in [0.29, 0.717) is 56.9 Å². The van der Waals surface area contributed by atoms with Crippen LogP contribution < -0.4 is 4.90 Å². The molecule has 0 unspecified atom stereocenters. The maximum atomic E-state index is 13.3. The van der Waals surface area contributed by atoms with Gasteiger partial charge in [0.05, 0.1) is 11.3 Å². The summed E-state index contributed by atoms with van der Waals surface area (Å²) in [6.45, 7) is 5.56. The number of hydrogen-bond donors (Lipinski definition) is 0. The lowest BCUT2D eigenvalue weighted by molar-refractivity contribution is -0.137. The van der Waals surface area contributed by atoms with Crippen LogP contribution in [0.2, 0.25) is 0 Å². The van der Waals surface area contributed by atoms with Gasteiger partial charge in [-0.2, -0.15) is 17.5 Å². The third-order valence-electron chi connectivity index (χ3n) is 6.39. The van der Waals surface area contributed by atoms with Gasteiger partial charge >= 0.3 is 6.18 Å². The second-order valence-electron chi connectivity index (χ2n) is 9.04. The minimum Gasteiger partial charge on any atom is -0.354 e. The van der Waals surface area contributed by atoms with Gasteiger partial charge in [0.1, 0.15) is 11.6 Å². The summed E-state index contributed by atoms with van der Waals surface area (Å²) >= 11 is 0. The molecule has 34 heavy (non-hydrogen) atoms. The highest BCUT2D eigenvalue weighted by molar-refractivity contribution is 7.89. The largest absolute Gasteiger partial charge is 0.416 e. The lowest BCUT2D eigenvalue weighted by Gasteiger charge is -2.36. The minimum atomic E-state index is -4.40. The van der Waals surface area contributed by atoms with Gasteiger partial charge < -0.3 is 4.90 Å². The molecule has 6 nitrogen and oxygen atoms in total. The van der Waals surface area contributed by atoms with Crippen LogP contribution in [0.15, 0.2) is 24.3 Å². The van der Waals surface area contributed by atoms with E-state index in [1.54, 1.807) is 6.07 Å². The number of benzene rings is 1. The van der Waals surface area contributed by atoms with E-state index in [0.717, 1.165) is 41.8 Å². The number of anilines is 1. The number of sulfonamides is 1. The standard InChI is InChI=1S/C24H31F3N4O2S/c1-3-14-34(32,33)31-12-10-30(11-13-31)23-20(21(4-2)28-22(29-23)18-8-9-18)16-17-6-5-7-19(15-17)24(25,26)27/h5-7,15,18H,3-4,8-14,16H2,1-2H3. The van der Waals surface area contributed by atoms with E-state index < -0.39 is 21.8 Å². The van der Waals surface area contributed by atoms with E-state index in [4.69, 9.17) is 9.97 Å². The zero-order valence-corrected chi connectivity index (χ0v) is 20.4. The van der Waals surface area contributed by atoms with Crippen LogP contribution in [0, 0.1) is 0 Å². The van der Waals surface area contributed by atoms with Crippen molar-refractivity contribution in [3.63, 3.8) is 0 Å². The van der Waals surface area contributed by atoms with Crippen molar-refractivity contribution in [3.05, 3.63) is 52.5 Å². The van der Waals surface area contributed by atoms with E-state index in [2.05, 4.69) is 4.90 Å². The highest BCUT2D eigenvalue weighted by Gasteiger charge is 2.33. The summed E-state index contributed by atoms with van der Waals surface area (Å²) in [5, 5.41) is 0. The number of halogens is 3. The molecule has 186 valence electrons. The Morgan fingerprint density at radius 3 is 2.35 bits per heavy atom. The molecular weight excluding hydrogens is 465 g/mol. The molecule has 0 atom stereocenters. The molecule has 2 fully saturated rings. The van der Waals surface area contributed by atoms with Crippen molar-refractivity contribution in [1.29, 1.82) is 0 Å². The Balaban J connectivity index is 1.66. The molecular formula is C24H31F3N4O2S. The molecule has 1 aromatic heterocycles. The molecule has 1 aliphatic heterocycles. The van der Waals surface area contributed by atoms with Crippen molar-refractivity contribution >= 4 is 15.8 Å². The molecule has 4 rings (SSSR count). The van der Waals surface area contributed by atoms with Crippen molar-refractivity contribution in [2.75, 3.05) is 36.8 Å². The van der Waals surface area contributed by atoms with E-state index >= 15 is 0 Å². The normalized spacial score (nSPS) is 17.9. The van der Waals surface area contributed by atoms with E-state index in [-0.39, 0.29) is 5.75 Å². The van der Waals surface area contributed by atoms with Crippen molar-refractivity contribution in [2.45, 2.75) is 58.0 Å². The summed E-state index contributed by atoms with van der Waals surface area (Å²) in [5.41, 5.74) is 1.56. The van der Waals surface area contributed by atoms with Crippen LogP contribution in [0.4, 0.5) is 19.0 Å². The third-order valence-corrected chi connectivity index (χ3v) is 8.47. The SMILES string of the molecule is CCCS(=O)(=O)N1CCN(c2nc(C3CC3)nc(CC)c2Cc2cccc(C(F)(F)F)c2)CC1. The summed E-state index contributed by atoms with van der Waals surface area (Å²) in [6, 6.07) is 5.39. The quantitative estimate of drug-likeness (QED) is 0.543. The van der Waals surface area contributed by atoms with Crippen LogP contribution in [-0.2, 0) is 29.0 Å². The molecule has 0 radical (unpaired) electrons. The highest BCUT2D eigenvalue weighted by Crippen LogP contribution is 2.40. The van der Waals surface area contributed by atoms with Crippen molar-refractivity contribution < 1.29 is 21.6 Å². The number of alkyl halides is 3. The van der Waals surface area contributed by atoms with Gasteiger partial charge in [0.2, 0.25) is 10.0 Å². The molecule has 0 amide bonds. The Hall–Kier alpha value is -2.20. The Morgan fingerprint density at radius 2 is 1.76 bits per heavy atom. The second-order valence-corrected chi connectivity index (χ2v) is 11.1. The number of rotatable bonds is 8. The van der Waals surface area contributed by atoms with Gasteiger partial charge in [0.15, 0.2) is 0 Å². The molecule has 2 aromatic rings. The first-order chi connectivity index (χ1) is 16.1. The lowest BCUT2D eigenvalue weighted by atomic mass is 9.99. The highest BCUT2D eigenvalue weighted by atomic mass is 32.2. The van der Waals surface area contributed by atoms with Crippen LogP contribution in [0.3, 0.4) is 0 Å². The van der Waals surface area contributed by atoms with Gasteiger partial charge in [0.25, 0.3) is 0 Å². The van der Waals surface area contributed by atoms with Gasteiger partial charge in [0, 0.05) is 49.8 Å². The Morgan fingerprint density at radius 1 is 1.06 bits per heavy atom. The van der Waals surface area contributed by atoms with Gasteiger partial charge in [-0.05, 0) is 37.3 Å². The van der Waals surface area contributed by atoms with Crippen LogP contribution in [0.1, 0.15) is 67.2 Å². The first-order valence-corrected chi connectivity index (χ1v) is 13.5. The summed E-state index contributed by atoms with van der Waals surface area (Å²) in [5.74, 6) is 1.99. The summed E-state index contributed by atoms with van der Waals surface area (Å²) in [6.07, 6.45) is -0.813. The zero-order valence-electron chi connectivity index (χ0n) is 19.6. The maximum Gasteiger partial charge on any atom is 0.416 e. The maximum absolute atomic E-state index is 13.3. The number of aromatic nitrogens is 2. The molecule has 1 aliphatic carbocycles. The lowest BCUT2D eigenvalue weighted by Crippen LogP contribution is -2.49.